The molecule has 0 radical (unpaired) electrons. The Morgan fingerprint density at radius 3 is 2.61 bits per heavy atom. The zero-order chi connectivity index (χ0) is 29.2. The Labute approximate surface area is 239 Å². The maximum Gasteiger partial charge on any atom is 0.331 e. The average Bonchev–Trinajstić information content (AvgIpc) is 3.69. The van der Waals surface area contributed by atoms with Gasteiger partial charge in [-0.2, -0.15) is 0 Å². The minimum atomic E-state index is -1.48. The summed E-state index contributed by atoms with van der Waals surface area (Å²) in [6, 6.07) is 0. The summed E-state index contributed by atoms with van der Waals surface area (Å²) in [5.74, 6) is -1.73. The van der Waals surface area contributed by atoms with E-state index in [1.165, 1.54) is 37.6 Å². The van der Waals surface area contributed by atoms with Crippen LogP contribution < -0.4 is 0 Å². The summed E-state index contributed by atoms with van der Waals surface area (Å²) in [5.41, 5.74) is -1.81. The Hall–Kier alpha value is -2.79. The van der Waals surface area contributed by atoms with E-state index in [0.717, 1.165) is 6.42 Å². The maximum atomic E-state index is 13.5. The van der Waals surface area contributed by atoms with E-state index >= 15 is 0 Å². The van der Waals surface area contributed by atoms with E-state index in [2.05, 4.69) is 19.9 Å². The van der Waals surface area contributed by atoms with Crippen LogP contribution in [0.3, 0.4) is 0 Å². The predicted octanol–water partition coefficient (Wildman–Crippen LogP) is 2.64. The molecule has 0 aromatic carbocycles. The van der Waals surface area contributed by atoms with E-state index in [9.17, 15) is 19.5 Å². The van der Waals surface area contributed by atoms with E-state index in [1.54, 1.807) is 12.2 Å². The molecule has 2 spiro atoms. The van der Waals surface area contributed by atoms with Gasteiger partial charge in [-0.25, -0.2) is 9.59 Å². The molecule has 0 aromatic rings. The fraction of sp³-hybridized carbons (Fsp3) is 0.645. The average molecular weight is 571 g/mol. The minimum Gasteiger partial charge on any atom is -0.462 e. The number of aliphatic hydroxyl groups excluding tert-OH is 1. The van der Waals surface area contributed by atoms with Crippen LogP contribution in [0.25, 0.3) is 0 Å². The second kappa shape index (κ2) is 9.90. The zero-order valence-electron chi connectivity index (χ0n) is 23.9. The van der Waals surface area contributed by atoms with Crippen LogP contribution in [-0.2, 0) is 42.8 Å². The number of carbonyl (C=O) groups is 3. The van der Waals surface area contributed by atoms with Gasteiger partial charge in [-0.1, -0.05) is 30.7 Å². The van der Waals surface area contributed by atoms with Crippen molar-refractivity contribution in [3.05, 3.63) is 47.6 Å². The molecule has 9 atom stereocenters. The number of carbonyl (C=O) groups excluding carboxylic acids is 3. The number of rotatable bonds is 2. The molecule has 4 heterocycles. The third-order valence-corrected chi connectivity index (χ3v) is 10.4. The summed E-state index contributed by atoms with van der Waals surface area (Å²) in [6.07, 6.45) is 8.28. The van der Waals surface area contributed by atoms with Crippen molar-refractivity contribution in [1.82, 2.24) is 0 Å². The van der Waals surface area contributed by atoms with E-state index in [-0.39, 0.29) is 25.4 Å². The van der Waals surface area contributed by atoms with Gasteiger partial charge in [0.1, 0.15) is 18.3 Å². The second-order valence-corrected chi connectivity index (χ2v) is 12.4. The van der Waals surface area contributed by atoms with Crippen molar-refractivity contribution in [2.45, 2.75) is 95.1 Å². The first-order chi connectivity index (χ1) is 19.5. The van der Waals surface area contributed by atoms with Crippen molar-refractivity contribution in [1.29, 1.82) is 0 Å². The molecular weight excluding hydrogens is 532 g/mol. The topological polar surface area (TPSA) is 130 Å². The number of hydrogen-bond acceptors (Lipinski definition) is 10. The van der Waals surface area contributed by atoms with Crippen LogP contribution in [0.2, 0.25) is 0 Å². The van der Waals surface area contributed by atoms with Gasteiger partial charge in [-0.3, -0.25) is 4.79 Å². The number of aliphatic hydroxyl groups is 1. The number of ether oxygens (including phenoxy) is 6. The molecule has 6 rings (SSSR count). The van der Waals surface area contributed by atoms with Gasteiger partial charge in [0.2, 0.25) is 0 Å². The number of epoxide rings is 1. The molecule has 0 aromatic heterocycles. The van der Waals surface area contributed by atoms with Gasteiger partial charge < -0.3 is 33.5 Å². The summed E-state index contributed by atoms with van der Waals surface area (Å²) >= 11 is 0. The summed E-state index contributed by atoms with van der Waals surface area (Å²) in [4.78, 5) is 38.8. The highest BCUT2D eigenvalue weighted by Crippen LogP contribution is 2.72. The van der Waals surface area contributed by atoms with Crippen molar-refractivity contribution in [2.75, 3.05) is 19.8 Å². The molecule has 1 N–H and O–H groups in total. The molecule has 1 saturated carbocycles. The molecule has 4 bridgehead atoms. The quantitative estimate of drug-likeness (QED) is 0.229. The van der Waals surface area contributed by atoms with Gasteiger partial charge in [0, 0.05) is 30.9 Å². The molecule has 6 aliphatic rings. The minimum absolute atomic E-state index is 0.0263. The number of hydrogen-bond donors (Lipinski definition) is 1. The van der Waals surface area contributed by atoms with Gasteiger partial charge in [0.15, 0.2) is 11.7 Å². The highest BCUT2D eigenvalue weighted by Gasteiger charge is 2.83. The SMILES string of the molecule is CC(=O)O[C@@H]1C2=CC(=O)OC[C@]34CCC(C)=CC3OC3C[C@@H](OC(=O)/C=C\C=C/C1(C(C)O)OCC2)[C@@]4(C)[C@@]31CO1. The normalized spacial score (nSPS) is 45.8. The van der Waals surface area contributed by atoms with E-state index in [0.29, 0.717) is 31.4 Å². The fourth-order valence-electron chi connectivity index (χ4n) is 7.98. The lowest BCUT2D eigenvalue weighted by Gasteiger charge is -2.58. The first kappa shape index (κ1) is 28.3. The molecule has 10 heteroatoms. The first-order valence-corrected chi connectivity index (χ1v) is 14.4. The van der Waals surface area contributed by atoms with Gasteiger partial charge in [0.05, 0.1) is 36.9 Å². The lowest BCUT2D eigenvalue weighted by Crippen LogP contribution is -2.66. The molecule has 2 aliphatic carbocycles. The Balaban J connectivity index is 1.45. The van der Waals surface area contributed by atoms with Crippen molar-refractivity contribution < 1.29 is 47.9 Å². The standard InChI is InChI=1S/C31H38O10/c1-18-8-11-29-16-36-26(35)14-21-9-12-37-30(19(2)32,27(21)39-20(3)33)10-6-5-7-25(34)41-22-15-24(40-23(29)13-18)31(17-38-31)28(22,29)4/h5-7,10,13-14,19,22-24,27,32H,8-9,11-12,15-17H2,1-4H3/b7-5-,10-6-,21-14?/t19?,22-,23?,24?,27-,28-,29-,30?,31-/m1/s1. The second-order valence-electron chi connectivity index (χ2n) is 12.4. The molecule has 4 aliphatic heterocycles. The van der Waals surface area contributed by atoms with Gasteiger partial charge >= 0.3 is 17.9 Å². The Bertz CT molecular complexity index is 1260. The Morgan fingerprint density at radius 2 is 1.90 bits per heavy atom. The third kappa shape index (κ3) is 4.17. The summed E-state index contributed by atoms with van der Waals surface area (Å²) in [5, 5.41) is 10.8. The highest BCUT2D eigenvalue weighted by atomic mass is 16.6. The summed E-state index contributed by atoms with van der Waals surface area (Å²) in [6.45, 7) is 7.61. The largest absolute Gasteiger partial charge is 0.462 e. The number of cyclic esters (lactones) is 1. The first-order valence-electron chi connectivity index (χ1n) is 14.4. The van der Waals surface area contributed by atoms with Crippen LogP contribution >= 0.6 is 0 Å². The van der Waals surface area contributed by atoms with Crippen LogP contribution in [0, 0.1) is 10.8 Å². The van der Waals surface area contributed by atoms with Crippen molar-refractivity contribution in [3.8, 4) is 0 Å². The predicted molar refractivity (Wildman–Crippen MR) is 143 cm³/mol. The van der Waals surface area contributed by atoms with Crippen LogP contribution in [0.1, 0.15) is 53.4 Å². The molecule has 41 heavy (non-hydrogen) atoms. The monoisotopic (exact) mass is 570 g/mol. The number of fused-ring (bicyclic) bond motifs is 2. The van der Waals surface area contributed by atoms with Gasteiger partial charge in [-0.05, 0) is 44.8 Å². The molecule has 4 fully saturated rings. The molecular formula is C31H38O10. The Kier molecular flexibility index (Phi) is 6.84. The molecule has 222 valence electrons. The summed E-state index contributed by atoms with van der Waals surface area (Å²) in [7, 11) is 0. The molecule has 0 amide bonds. The Morgan fingerprint density at radius 1 is 1.12 bits per heavy atom. The van der Waals surface area contributed by atoms with E-state index in [1.807, 2.05) is 0 Å². The van der Waals surface area contributed by atoms with Crippen molar-refractivity contribution in [2.24, 2.45) is 10.8 Å². The number of esters is 3. The van der Waals surface area contributed by atoms with Gasteiger partial charge in [0.25, 0.3) is 0 Å². The van der Waals surface area contributed by atoms with Crippen LogP contribution in [-0.4, -0.2) is 84.6 Å². The van der Waals surface area contributed by atoms with Gasteiger partial charge in [-0.15, -0.1) is 0 Å². The lowest BCUT2D eigenvalue weighted by molar-refractivity contribution is -0.232. The smallest absolute Gasteiger partial charge is 0.331 e. The third-order valence-electron chi connectivity index (χ3n) is 10.4. The van der Waals surface area contributed by atoms with E-state index in [4.69, 9.17) is 28.4 Å². The zero-order valence-corrected chi connectivity index (χ0v) is 23.9. The van der Waals surface area contributed by atoms with E-state index < -0.39 is 58.3 Å². The molecule has 3 saturated heterocycles. The lowest BCUT2D eigenvalue weighted by atomic mass is 9.51. The van der Waals surface area contributed by atoms with Crippen LogP contribution in [0.4, 0.5) is 0 Å². The highest BCUT2D eigenvalue weighted by molar-refractivity contribution is 5.84. The van der Waals surface area contributed by atoms with Crippen molar-refractivity contribution in [3.63, 3.8) is 0 Å². The fourth-order valence-corrected chi connectivity index (χ4v) is 7.98. The van der Waals surface area contributed by atoms with Crippen LogP contribution in [0.5, 0.6) is 0 Å². The molecule has 10 nitrogen and oxygen atoms in total. The molecule has 4 unspecified atom stereocenters. The number of allylic oxidation sites excluding steroid dienone is 3. The van der Waals surface area contributed by atoms with Crippen LogP contribution in [0.15, 0.2) is 47.6 Å². The van der Waals surface area contributed by atoms with Crippen molar-refractivity contribution >= 4 is 17.9 Å². The summed E-state index contributed by atoms with van der Waals surface area (Å²) < 4.78 is 36.6. The maximum absolute atomic E-state index is 13.5.